The number of halogens is 1. The van der Waals surface area contributed by atoms with Crippen molar-refractivity contribution in [3.63, 3.8) is 0 Å². The number of rotatable bonds is 8. The van der Waals surface area contributed by atoms with Crippen LogP contribution < -0.4 is 5.43 Å². The Morgan fingerprint density at radius 2 is 1.94 bits per heavy atom. The first-order valence-corrected chi connectivity index (χ1v) is 11.9. The van der Waals surface area contributed by atoms with Gasteiger partial charge in [0, 0.05) is 34.8 Å². The van der Waals surface area contributed by atoms with Gasteiger partial charge in [-0.05, 0) is 24.0 Å². The summed E-state index contributed by atoms with van der Waals surface area (Å²) < 4.78 is 1.95. The van der Waals surface area contributed by atoms with E-state index in [1.54, 1.807) is 0 Å². The minimum absolute atomic E-state index is 0.0639. The number of hydrazone groups is 1. The van der Waals surface area contributed by atoms with Crippen LogP contribution >= 0.6 is 23.4 Å². The van der Waals surface area contributed by atoms with E-state index >= 15 is 0 Å². The Morgan fingerprint density at radius 3 is 2.56 bits per heavy atom. The SMILES string of the molecule is CCn1c(SCC(=O)N/N=C\c2cc([N+](=O)[O-])ccc2Cl)nnc1-c1ccc(C(C)(C)C)cc1. The van der Waals surface area contributed by atoms with Gasteiger partial charge >= 0.3 is 0 Å². The molecule has 11 heteroatoms. The summed E-state index contributed by atoms with van der Waals surface area (Å²) in [7, 11) is 0. The Kier molecular flexibility index (Phi) is 8.06. The van der Waals surface area contributed by atoms with Gasteiger partial charge < -0.3 is 4.57 Å². The number of aromatic nitrogens is 3. The van der Waals surface area contributed by atoms with E-state index in [9.17, 15) is 14.9 Å². The van der Waals surface area contributed by atoms with Gasteiger partial charge in [-0.1, -0.05) is 68.4 Å². The van der Waals surface area contributed by atoms with Crippen LogP contribution in [0.15, 0.2) is 52.7 Å². The molecule has 0 aliphatic carbocycles. The highest BCUT2D eigenvalue weighted by Gasteiger charge is 2.17. The molecule has 178 valence electrons. The van der Waals surface area contributed by atoms with E-state index in [0.29, 0.717) is 17.3 Å². The van der Waals surface area contributed by atoms with Crippen molar-refractivity contribution >= 4 is 41.2 Å². The van der Waals surface area contributed by atoms with Gasteiger partial charge in [-0.15, -0.1) is 10.2 Å². The van der Waals surface area contributed by atoms with Crippen molar-refractivity contribution in [3.8, 4) is 11.4 Å². The van der Waals surface area contributed by atoms with Crippen LogP contribution in [-0.4, -0.2) is 37.6 Å². The Labute approximate surface area is 206 Å². The number of amides is 1. The molecule has 0 radical (unpaired) electrons. The molecule has 0 spiro atoms. The van der Waals surface area contributed by atoms with Crippen molar-refractivity contribution in [1.82, 2.24) is 20.2 Å². The molecule has 0 saturated heterocycles. The van der Waals surface area contributed by atoms with Gasteiger partial charge in [-0.2, -0.15) is 5.10 Å². The third-order valence-electron chi connectivity index (χ3n) is 4.96. The third-order valence-corrected chi connectivity index (χ3v) is 6.27. The summed E-state index contributed by atoms with van der Waals surface area (Å²) in [4.78, 5) is 22.6. The molecule has 3 aromatic rings. The molecule has 9 nitrogen and oxygen atoms in total. The molecule has 1 amide bonds. The van der Waals surface area contributed by atoms with Crippen molar-refractivity contribution in [3.05, 3.63) is 68.7 Å². The average Bonchev–Trinajstić information content (AvgIpc) is 3.21. The molecule has 0 fully saturated rings. The van der Waals surface area contributed by atoms with Gasteiger partial charge in [0.25, 0.3) is 11.6 Å². The quantitative estimate of drug-likeness (QED) is 0.200. The first-order valence-electron chi connectivity index (χ1n) is 10.5. The lowest BCUT2D eigenvalue weighted by atomic mass is 9.87. The van der Waals surface area contributed by atoms with Crippen LogP contribution in [0, 0.1) is 10.1 Å². The van der Waals surface area contributed by atoms with Crippen LogP contribution in [0.3, 0.4) is 0 Å². The first-order chi connectivity index (χ1) is 16.1. The van der Waals surface area contributed by atoms with Gasteiger partial charge in [0.1, 0.15) is 0 Å². The first kappa shape index (κ1) is 25.4. The van der Waals surface area contributed by atoms with E-state index < -0.39 is 4.92 Å². The Hall–Kier alpha value is -3.24. The highest BCUT2D eigenvalue weighted by atomic mass is 35.5. The van der Waals surface area contributed by atoms with Gasteiger partial charge in [0.05, 0.1) is 16.9 Å². The molecule has 1 heterocycles. The van der Waals surface area contributed by atoms with Crippen LogP contribution in [0.2, 0.25) is 5.02 Å². The Balaban J connectivity index is 1.63. The monoisotopic (exact) mass is 500 g/mol. The van der Waals surface area contributed by atoms with Gasteiger partial charge in [0.15, 0.2) is 11.0 Å². The van der Waals surface area contributed by atoms with E-state index in [4.69, 9.17) is 11.6 Å². The number of non-ortho nitro benzene ring substituents is 1. The van der Waals surface area contributed by atoms with E-state index in [1.807, 2.05) is 23.6 Å². The minimum atomic E-state index is -0.528. The van der Waals surface area contributed by atoms with Crippen LogP contribution in [-0.2, 0) is 16.8 Å². The number of hydrogen-bond acceptors (Lipinski definition) is 7. The second-order valence-electron chi connectivity index (χ2n) is 8.42. The van der Waals surface area contributed by atoms with Crippen molar-refractivity contribution in [2.24, 2.45) is 5.10 Å². The predicted molar refractivity (Wildman–Crippen MR) is 134 cm³/mol. The molecule has 0 aliphatic rings. The van der Waals surface area contributed by atoms with Gasteiger partial charge in [0.2, 0.25) is 0 Å². The number of hydrogen-bond donors (Lipinski definition) is 1. The molecule has 3 rings (SSSR count). The molecule has 0 saturated carbocycles. The summed E-state index contributed by atoms with van der Waals surface area (Å²) in [5.74, 6) is 0.454. The molecule has 1 N–H and O–H groups in total. The number of thioether (sulfide) groups is 1. The summed E-state index contributed by atoms with van der Waals surface area (Å²) >= 11 is 7.27. The number of benzene rings is 2. The second kappa shape index (κ2) is 10.8. The molecule has 34 heavy (non-hydrogen) atoms. The predicted octanol–water partition coefficient (Wildman–Crippen LogP) is 5.07. The molecule has 0 unspecified atom stereocenters. The highest BCUT2D eigenvalue weighted by Crippen LogP contribution is 2.27. The number of carbonyl (C=O) groups excluding carboxylic acids is 1. The third kappa shape index (κ3) is 6.21. The van der Waals surface area contributed by atoms with E-state index in [-0.39, 0.29) is 27.8 Å². The molecular formula is C23H25ClN6O3S. The highest BCUT2D eigenvalue weighted by molar-refractivity contribution is 7.99. The van der Waals surface area contributed by atoms with E-state index in [1.165, 1.54) is 41.7 Å². The molecule has 2 aromatic carbocycles. The Morgan fingerprint density at radius 1 is 1.24 bits per heavy atom. The lowest BCUT2D eigenvalue weighted by molar-refractivity contribution is -0.384. The van der Waals surface area contributed by atoms with Crippen molar-refractivity contribution < 1.29 is 9.72 Å². The fourth-order valence-corrected chi connectivity index (χ4v) is 4.05. The van der Waals surface area contributed by atoms with Gasteiger partial charge in [-0.3, -0.25) is 14.9 Å². The standard InChI is InChI=1S/C23H25ClN6O3S/c1-5-29-21(15-6-8-17(9-7-15)23(2,3)4)27-28-22(29)34-14-20(31)26-25-13-16-12-18(30(32)33)10-11-19(16)24/h6-13H,5,14H2,1-4H3,(H,26,31)/b25-13-. The number of nitro groups is 1. The number of nitrogens with one attached hydrogen (secondary N) is 1. The maximum absolute atomic E-state index is 12.2. The number of nitrogens with zero attached hydrogens (tertiary/aromatic N) is 5. The number of nitro benzene ring substituents is 1. The van der Waals surface area contributed by atoms with Crippen molar-refractivity contribution in [1.29, 1.82) is 0 Å². The topological polar surface area (TPSA) is 115 Å². The van der Waals surface area contributed by atoms with Crippen LogP contribution in [0.4, 0.5) is 5.69 Å². The van der Waals surface area contributed by atoms with Gasteiger partial charge in [-0.25, -0.2) is 5.43 Å². The van der Waals surface area contributed by atoms with Crippen molar-refractivity contribution in [2.75, 3.05) is 5.75 Å². The largest absolute Gasteiger partial charge is 0.302 e. The molecule has 1 aromatic heterocycles. The molecule has 0 bridgehead atoms. The van der Waals surface area contributed by atoms with Crippen LogP contribution in [0.25, 0.3) is 11.4 Å². The summed E-state index contributed by atoms with van der Waals surface area (Å²) in [6.45, 7) is 9.14. The Bertz CT molecular complexity index is 1220. The van der Waals surface area contributed by atoms with E-state index in [2.05, 4.69) is 53.6 Å². The summed E-state index contributed by atoms with van der Waals surface area (Å²) in [6, 6.07) is 12.2. The van der Waals surface area contributed by atoms with Crippen molar-refractivity contribution in [2.45, 2.75) is 44.8 Å². The number of carbonyl (C=O) groups is 1. The zero-order valence-electron chi connectivity index (χ0n) is 19.3. The summed E-state index contributed by atoms with van der Waals surface area (Å²) in [5, 5.41) is 24.2. The minimum Gasteiger partial charge on any atom is -0.302 e. The summed E-state index contributed by atoms with van der Waals surface area (Å²) in [5.41, 5.74) is 4.87. The fourth-order valence-electron chi connectivity index (χ4n) is 3.09. The fraction of sp³-hybridized carbons (Fsp3) is 0.304. The van der Waals surface area contributed by atoms with E-state index in [0.717, 1.165) is 11.4 Å². The average molecular weight is 501 g/mol. The zero-order chi connectivity index (χ0) is 24.9. The lowest BCUT2D eigenvalue weighted by Crippen LogP contribution is -2.20. The molecular weight excluding hydrogens is 476 g/mol. The molecule has 0 aliphatic heterocycles. The second-order valence-corrected chi connectivity index (χ2v) is 9.77. The van der Waals surface area contributed by atoms with Crippen LogP contribution in [0.5, 0.6) is 0 Å². The maximum atomic E-state index is 12.2. The molecule has 0 atom stereocenters. The maximum Gasteiger partial charge on any atom is 0.270 e. The normalized spacial score (nSPS) is 11.7. The smallest absolute Gasteiger partial charge is 0.270 e. The zero-order valence-corrected chi connectivity index (χ0v) is 20.9. The lowest BCUT2D eigenvalue weighted by Gasteiger charge is -2.19. The van der Waals surface area contributed by atoms with Crippen LogP contribution in [0.1, 0.15) is 38.8 Å². The summed E-state index contributed by atoms with van der Waals surface area (Å²) in [6.07, 6.45) is 1.27.